The van der Waals surface area contributed by atoms with Crippen LogP contribution in [-0.4, -0.2) is 42.8 Å². The number of carbonyl (C=O) groups excluding carboxylic acids is 1. The third kappa shape index (κ3) is 6.07. The van der Waals surface area contributed by atoms with Crippen LogP contribution in [0, 0.1) is 0 Å². The van der Waals surface area contributed by atoms with E-state index < -0.39 is 18.9 Å². The highest BCUT2D eigenvalue weighted by molar-refractivity contribution is 6.30. The van der Waals surface area contributed by atoms with E-state index in [1.807, 2.05) is 0 Å². The minimum Gasteiger partial charge on any atom is -0.484 e. The standard InChI is InChI=1S/C12H13Cl2F2NO2/c13-5-6-17(7-11(15)16)12(18)8-19-10-3-1-9(14)2-4-10/h1-4,11H,5-8H2. The molecule has 0 atom stereocenters. The van der Waals surface area contributed by atoms with E-state index in [0.717, 1.165) is 4.90 Å². The maximum absolute atomic E-state index is 12.3. The number of alkyl halides is 3. The van der Waals surface area contributed by atoms with Gasteiger partial charge in [0, 0.05) is 17.4 Å². The highest BCUT2D eigenvalue weighted by atomic mass is 35.5. The first-order valence-electron chi connectivity index (χ1n) is 5.53. The molecule has 3 nitrogen and oxygen atoms in total. The Morgan fingerprint density at radius 3 is 2.47 bits per heavy atom. The van der Waals surface area contributed by atoms with Gasteiger partial charge < -0.3 is 9.64 Å². The highest BCUT2D eigenvalue weighted by Gasteiger charge is 2.18. The summed E-state index contributed by atoms with van der Waals surface area (Å²) in [5, 5.41) is 0.542. The van der Waals surface area contributed by atoms with Crippen LogP contribution < -0.4 is 4.74 Å². The van der Waals surface area contributed by atoms with Gasteiger partial charge in [0.1, 0.15) is 5.75 Å². The molecular weight excluding hydrogens is 299 g/mol. The van der Waals surface area contributed by atoms with E-state index in [0.29, 0.717) is 10.8 Å². The predicted molar refractivity (Wildman–Crippen MR) is 70.3 cm³/mol. The number of nitrogens with zero attached hydrogens (tertiary/aromatic N) is 1. The van der Waals surface area contributed by atoms with Crippen LogP contribution in [0.25, 0.3) is 0 Å². The van der Waals surface area contributed by atoms with Crippen LogP contribution in [0.15, 0.2) is 24.3 Å². The van der Waals surface area contributed by atoms with Crippen molar-refractivity contribution in [1.29, 1.82) is 0 Å². The van der Waals surface area contributed by atoms with Gasteiger partial charge in [-0.3, -0.25) is 4.79 Å². The van der Waals surface area contributed by atoms with E-state index in [1.54, 1.807) is 24.3 Å². The van der Waals surface area contributed by atoms with Crippen LogP contribution in [0.5, 0.6) is 5.75 Å². The van der Waals surface area contributed by atoms with Crippen molar-refractivity contribution in [2.75, 3.05) is 25.6 Å². The number of hydrogen-bond donors (Lipinski definition) is 0. The molecule has 0 saturated carbocycles. The molecule has 0 saturated heterocycles. The molecule has 0 aliphatic carbocycles. The molecule has 1 amide bonds. The van der Waals surface area contributed by atoms with Gasteiger partial charge in [-0.15, -0.1) is 11.6 Å². The summed E-state index contributed by atoms with van der Waals surface area (Å²) in [5.41, 5.74) is 0. The monoisotopic (exact) mass is 311 g/mol. The largest absolute Gasteiger partial charge is 0.484 e. The van der Waals surface area contributed by atoms with Gasteiger partial charge in [-0.05, 0) is 24.3 Å². The normalized spacial score (nSPS) is 10.6. The van der Waals surface area contributed by atoms with Gasteiger partial charge in [-0.2, -0.15) is 0 Å². The van der Waals surface area contributed by atoms with Crippen molar-refractivity contribution in [3.63, 3.8) is 0 Å². The van der Waals surface area contributed by atoms with Crippen LogP contribution in [0.4, 0.5) is 8.78 Å². The number of rotatable bonds is 7. The first kappa shape index (κ1) is 16.0. The molecule has 7 heteroatoms. The molecule has 0 spiro atoms. The Kier molecular flexibility index (Phi) is 6.87. The molecule has 0 heterocycles. The van der Waals surface area contributed by atoms with E-state index in [-0.39, 0.29) is 19.0 Å². The Hall–Kier alpha value is -1.07. The van der Waals surface area contributed by atoms with Crippen LogP contribution in [0.3, 0.4) is 0 Å². The Balaban J connectivity index is 2.49. The molecule has 1 aromatic carbocycles. The van der Waals surface area contributed by atoms with Crippen LogP contribution >= 0.6 is 23.2 Å². The fourth-order valence-corrected chi connectivity index (χ4v) is 1.68. The summed E-state index contributed by atoms with van der Waals surface area (Å²) in [6.07, 6.45) is -2.59. The lowest BCUT2D eigenvalue weighted by atomic mass is 10.3. The topological polar surface area (TPSA) is 29.5 Å². The number of hydrogen-bond acceptors (Lipinski definition) is 2. The number of halogens is 4. The summed E-state index contributed by atoms with van der Waals surface area (Å²) in [7, 11) is 0. The van der Waals surface area contributed by atoms with Crippen molar-refractivity contribution >= 4 is 29.1 Å². The van der Waals surface area contributed by atoms with Crippen LogP contribution in [0.1, 0.15) is 0 Å². The zero-order valence-corrected chi connectivity index (χ0v) is 11.5. The van der Waals surface area contributed by atoms with Crippen LogP contribution in [-0.2, 0) is 4.79 Å². The third-order valence-corrected chi connectivity index (χ3v) is 2.66. The molecule has 0 N–H and O–H groups in total. The summed E-state index contributed by atoms with van der Waals surface area (Å²) >= 11 is 11.2. The van der Waals surface area contributed by atoms with Gasteiger partial charge in [0.15, 0.2) is 6.61 Å². The number of ether oxygens (including phenoxy) is 1. The van der Waals surface area contributed by atoms with Gasteiger partial charge in [-0.1, -0.05) is 11.6 Å². The molecule has 0 aromatic heterocycles. The smallest absolute Gasteiger partial charge is 0.260 e. The lowest BCUT2D eigenvalue weighted by Crippen LogP contribution is -2.39. The minimum atomic E-state index is -2.59. The molecule has 0 aliphatic heterocycles. The van der Waals surface area contributed by atoms with E-state index in [2.05, 4.69) is 0 Å². The second-order valence-corrected chi connectivity index (χ2v) is 4.48. The average Bonchev–Trinajstić information content (AvgIpc) is 2.37. The highest BCUT2D eigenvalue weighted by Crippen LogP contribution is 2.15. The maximum Gasteiger partial charge on any atom is 0.260 e. The molecule has 0 radical (unpaired) electrons. The fraction of sp³-hybridized carbons (Fsp3) is 0.417. The van der Waals surface area contributed by atoms with E-state index in [4.69, 9.17) is 27.9 Å². The van der Waals surface area contributed by atoms with Crippen molar-refractivity contribution in [3.05, 3.63) is 29.3 Å². The summed E-state index contributed by atoms with van der Waals surface area (Å²) < 4.78 is 29.8. The summed E-state index contributed by atoms with van der Waals surface area (Å²) in [6.45, 7) is -0.893. The van der Waals surface area contributed by atoms with Crippen LogP contribution in [0.2, 0.25) is 5.02 Å². The average molecular weight is 312 g/mol. The lowest BCUT2D eigenvalue weighted by Gasteiger charge is -2.21. The molecule has 1 aromatic rings. The van der Waals surface area contributed by atoms with Crippen molar-refractivity contribution < 1.29 is 18.3 Å². The number of amides is 1. The zero-order chi connectivity index (χ0) is 14.3. The predicted octanol–water partition coefficient (Wildman–Crippen LogP) is 3.05. The first-order valence-corrected chi connectivity index (χ1v) is 6.44. The summed E-state index contributed by atoms with van der Waals surface area (Å²) in [6, 6.07) is 6.40. The number of carbonyl (C=O) groups is 1. The Morgan fingerprint density at radius 2 is 1.95 bits per heavy atom. The molecule has 106 valence electrons. The van der Waals surface area contributed by atoms with Gasteiger partial charge in [-0.25, -0.2) is 8.78 Å². The molecule has 0 bridgehead atoms. The van der Waals surface area contributed by atoms with E-state index in [1.165, 1.54) is 0 Å². The molecule has 0 unspecified atom stereocenters. The Morgan fingerprint density at radius 1 is 1.32 bits per heavy atom. The van der Waals surface area contributed by atoms with Crippen molar-refractivity contribution in [1.82, 2.24) is 4.90 Å². The lowest BCUT2D eigenvalue weighted by molar-refractivity contribution is -0.135. The van der Waals surface area contributed by atoms with Gasteiger partial charge in [0.25, 0.3) is 12.3 Å². The third-order valence-electron chi connectivity index (χ3n) is 2.24. The quantitative estimate of drug-likeness (QED) is 0.724. The fourth-order valence-electron chi connectivity index (χ4n) is 1.35. The Labute approximate surface area is 120 Å². The summed E-state index contributed by atoms with van der Waals surface area (Å²) in [5.74, 6) is 0.0101. The second kappa shape index (κ2) is 8.17. The van der Waals surface area contributed by atoms with E-state index in [9.17, 15) is 13.6 Å². The maximum atomic E-state index is 12.3. The number of benzene rings is 1. The van der Waals surface area contributed by atoms with Gasteiger partial charge in [0.05, 0.1) is 6.54 Å². The molecule has 0 fully saturated rings. The van der Waals surface area contributed by atoms with Gasteiger partial charge >= 0.3 is 0 Å². The SMILES string of the molecule is O=C(COc1ccc(Cl)cc1)N(CCCl)CC(F)F. The zero-order valence-electron chi connectivity index (χ0n) is 9.99. The minimum absolute atomic E-state index is 0.0642. The Bertz CT molecular complexity index is 401. The first-order chi connectivity index (χ1) is 9.02. The van der Waals surface area contributed by atoms with Crippen molar-refractivity contribution in [2.45, 2.75) is 6.43 Å². The second-order valence-electron chi connectivity index (χ2n) is 3.66. The van der Waals surface area contributed by atoms with E-state index >= 15 is 0 Å². The molecular formula is C12H13Cl2F2NO2. The summed E-state index contributed by atoms with van der Waals surface area (Å²) in [4.78, 5) is 12.7. The molecule has 0 aliphatic rings. The molecule has 1 rings (SSSR count). The van der Waals surface area contributed by atoms with Crippen molar-refractivity contribution in [3.8, 4) is 5.75 Å². The van der Waals surface area contributed by atoms with Gasteiger partial charge in [0.2, 0.25) is 0 Å². The van der Waals surface area contributed by atoms with Crippen molar-refractivity contribution in [2.24, 2.45) is 0 Å². The molecule has 19 heavy (non-hydrogen) atoms.